The molecule has 0 fully saturated rings. The van der Waals surface area contributed by atoms with Gasteiger partial charge in [-0.15, -0.1) is 0 Å². The van der Waals surface area contributed by atoms with Crippen LogP contribution in [0.2, 0.25) is 0 Å². The number of rotatable bonds is 4. The molecule has 0 aliphatic carbocycles. The molecule has 3 aromatic carbocycles. The van der Waals surface area contributed by atoms with Gasteiger partial charge >= 0.3 is 0 Å². The number of anilines is 1. The van der Waals surface area contributed by atoms with E-state index in [2.05, 4.69) is 10.4 Å². The zero-order chi connectivity index (χ0) is 22.0. The van der Waals surface area contributed by atoms with E-state index in [0.717, 1.165) is 5.56 Å². The summed E-state index contributed by atoms with van der Waals surface area (Å²) in [5.41, 5.74) is 3.05. The number of hydrogen-bond donors (Lipinski definition) is 1. The molecule has 5 nitrogen and oxygen atoms in total. The number of nitrogens with zero attached hydrogens (tertiary/aromatic N) is 2. The van der Waals surface area contributed by atoms with Crippen molar-refractivity contribution in [3.63, 3.8) is 0 Å². The summed E-state index contributed by atoms with van der Waals surface area (Å²) in [5, 5.41) is 7.27. The maximum absolute atomic E-state index is 13.3. The Morgan fingerprint density at radius 2 is 1.55 bits per heavy atom. The summed E-state index contributed by atoms with van der Waals surface area (Å²) in [5.74, 6) is -0.654. The summed E-state index contributed by atoms with van der Waals surface area (Å²) in [6, 6.07) is 22.0. The van der Waals surface area contributed by atoms with Crippen LogP contribution < -0.4 is 10.7 Å². The summed E-state index contributed by atoms with van der Waals surface area (Å²) in [7, 11) is 0. The first-order valence-electron chi connectivity index (χ1n) is 9.77. The molecular weight excluding hydrogens is 393 g/mol. The Balaban J connectivity index is 1.94. The summed E-state index contributed by atoms with van der Waals surface area (Å²) in [4.78, 5) is 26.1. The van der Waals surface area contributed by atoms with E-state index < -0.39 is 11.7 Å². The number of aromatic nitrogens is 2. The van der Waals surface area contributed by atoms with Crippen molar-refractivity contribution in [3.8, 4) is 16.8 Å². The van der Waals surface area contributed by atoms with Crippen LogP contribution in [-0.4, -0.2) is 15.7 Å². The van der Waals surface area contributed by atoms with Crippen LogP contribution in [-0.2, 0) is 0 Å². The van der Waals surface area contributed by atoms with Crippen molar-refractivity contribution in [2.24, 2.45) is 0 Å². The van der Waals surface area contributed by atoms with Crippen LogP contribution in [0.4, 0.5) is 10.2 Å². The van der Waals surface area contributed by atoms with E-state index in [9.17, 15) is 14.0 Å². The molecule has 0 aliphatic rings. The Morgan fingerprint density at radius 3 is 2.19 bits per heavy atom. The molecule has 1 amide bonds. The van der Waals surface area contributed by atoms with Crippen molar-refractivity contribution in [2.75, 3.05) is 5.32 Å². The molecule has 1 heterocycles. The average molecular weight is 413 g/mol. The molecule has 0 radical (unpaired) electrons. The number of hydrogen-bond acceptors (Lipinski definition) is 3. The SMILES string of the molecule is Cc1ccc(-c2c(NC(=O)c3ccc(F)cc3)n(-c3ccccc3)nc(C)c2=O)cc1. The van der Waals surface area contributed by atoms with Crippen molar-refractivity contribution in [2.45, 2.75) is 13.8 Å². The summed E-state index contributed by atoms with van der Waals surface area (Å²) in [6.45, 7) is 3.60. The molecule has 0 saturated heterocycles. The quantitative estimate of drug-likeness (QED) is 0.517. The minimum atomic E-state index is -0.469. The Kier molecular flexibility index (Phi) is 5.45. The number of benzene rings is 3. The zero-order valence-electron chi connectivity index (χ0n) is 17.1. The molecule has 1 aromatic heterocycles. The van der Waals surface area contributed by atoms with Gasteiger partial charge in [-0.1, -0.05) is 48.0 Å². The fourth-order valence-corrected chi connectivity index (χ4v) is 3.28. The minimum absolute atomic E-state index is 0.250. The van der Waals surface area contributed by atoms with Crippen molar-refractivity contribution in [1.29, 1.82) is 0 Å². The van der Waals surface area contributed by atoms with Crippen LogP contribution in [0.25, 0.3) is 16.8 Å². The number of aryl methyl sites for hydroxylation is 2. The average Bonchev–Trinajstić information content (AvgIpc) is 2.78. The van der Waals surface area contributed by atoms with Crippen molar-refractivity contribution in [3.05, 3.63) is 112 Å². The maximum Gasteiger partial charge on any atom is 0.256 e. The van der Waals surface area contributed by atoms with Crippen LogP contribution in [0.5, 0.6) is 0 Å². The standard InChI is InChI=1S/C25H20FN3O2/c1-16-8-10-18(11-9-16)22-23(30)17(2)28-29(21-6-4-3-5-7-21)24(22)27-25(31)19-12-14-20(26)15-13-19/h3-15H,1-2H3,(H,27,31). The van der Waals surface area contributed by atoms with Crippen LogP contribution >= 0.6 is 0 Å². The van der Waals surface area contributed by atoms with Crippen molar-refractivity contribution in [1.82, 2.24) is 9.78 Å². The minimum Gasteiger partial charge on any atom is -0.306 e. The van der Waals surface area contributed by atoms with Crippen LogP contribution in [0, 0.1) is 19.7 Å². The molecular formula is C25H20FN3O2. The number of nitrogens with one attached hydrogen (secondary N) is 1. The van der Waals surface area contributed by atoms with Gasteiger partial charge in [-0.05, 0) is 55.8 Å². The largest absolute Gasteiger partial charge is 0.306 e. The topological polar surface area (TPSA) is 64.0 Å². The van der Waals surface area contributed by atoms with Gasteiger partial charge in [0.25, 0.3) is 5.91 Å². The molecule has 31 heavy (non-hydrogen) atoms. The molecule has 4 aromatic rings. The molecule has 6 heteroatoms. The fourth-order valence-electron chi connectivity index (χ4n) is 3.28. The van der Waals surface area contributed by atoms with Gasteiger partial charge < -0.3 is 5.32 Å². The van der Waals surface area contributed by atoms with Crippen LogP contribution in [0.3, 0.4) is 0 Å². The summed E-state index contributed by atoms with van der Waals surface area (Å²) >= 11 is 0. The summed E-state index contributed by atoms with van der Waals surface area (Å²) < 4.78 is 14.8. The fraction of sp³-hybridized carbons (Fsp3) is 0.0800. The predicted octanol–water partition coefficient (Wildman–Crippen LogP) is 4.91. The number of carbonyl (C=O) groups is 1. The molecule has 0 spiro atoms. The second kappa shape index (κ2) is 8.36. The lowest BCUT2D eigenvalue weighted by atomic mass is 10.0. The van der Waals surface area contributed by atoms with Gasteiger partial charge in [-0.2, -0.15) is 5.10 Å². The Labute approximate surface area is 178 Å². The van der Waals surface area contributed by atoms with E-state index in [1.807, 2.05) is 61.5 Å². The molecule has 1 N–H and O–H groups in total. The molecule has 154 valence electrons. The lowest BCUT2D eigenvalue weighted by Crippen LogP contribution is -2.25. The van der Waals surface area contributed by atoms with Crippen LogP contribution in [0.15, 0.2) is 83.7 Å². The molecule has 0 aliphatic heterocycles. The first-order valence-corrected chi connectivity index (χ1v) is 9.77. The second-order valence-electron chi connectivity index (χ2n) is 7.21. The molecule has 0 saturated carbocycles. The van der Waals surface area contributed by atoms with E-state index >= 15 is 0 Å². The lowest BCUT2D eigenvalue weighted by Gasteiger charge is -2.18. The second-order valence-corrected chi connectivity index (χ2v) is 7.21. The lowest BCUT2D eigenvalue weighted by molar-refractivity contribution is 0.102. The third-order valence-electron chi connectivity index (χ3n) is 4.93. The van der Waals surface area contributed by atoms with E-state index in [-0.39, 0.29) is 16.8 Å². The first-order chi connectivity index (χ1) is 14.9. The van der Waals surface area contributed by atoms with Gasteiger partial charge in [0, 0.05) is 5.56 Å². The zero-order valence-corrected chi connectivity index (χ0v) is 17.1. The van der Waals surface area contributed by atoms with Crippen molar-refractivity contribution < 1.29 is 9.18 Å². The summed E-state index contributed by atoms with van der Waals surface area (Å²) in [6.07, 6.45) is 0. The molecule has 0 unspecified atom stereocenters. The highest BCUT2D eigenvalue weighted by molar-refractivity contribution is 6.05. The normalized spacial score (nSPS) is 10.7. The van der Waals surface area contributed by atoms with E-state index in [0.29, 0.717) is 22.5 Å². The maximum atomic E-state index is 13.3. The highest BCUT2D eigenvalue weighted by Gasteiger charge is 2.20. The predicted molar refractivity (Wildman–Crippen MR) is 119 cm³/mol. The number of carbonyl (C=O) groups excluding carboxylic acids is 1. The highest BCUT2D eigenvalue weighted by atomic mass is 19.1. The van der Waals surface area contributed by atoms with Crippen LogP contribution in [0.1, 0.15) is 21.6 Å². The molecule has 0 atom stereocenters. The molecule has 0 bridgehead atoms. The number of amides is 1. The Bertz CT molecular complexity index is 1300. The molecule has 4 rings (SSSR count). The Morgan fingerprint density at radius 1 is 0.903 bits per heavy atom. The van der Waals surface area contributed by atoms with E-state index in [4.69, 9.17) is 0 Å². The Hall–Kier alpha value is -4.06. The van der Waals surface area contributed by atoms with Gasteiger partial charge in [-0.25, -0.2) is 9.07 Å². The first kappa shape index (κ1) is 20.2. The third-order valence-corrected chi connectivity index (χ3v) is 4.93. The van der Waals surface area contributed by atoms with Gasteiger partial charge in [0.05, 0.1) is 11.3 Å². The van der Waals surface area contributed by atoms with Gasteiger partial charge in [-0.3, -0.25) is 9.59 Å². The monoisotopic (exact) mass is 413 g/mol. The number of para-hydroxylation sites is 1. The third kappa shape index (κ3) is 4.14. The van der Waals surface area contributed by atoms with E-state index in [1.165, 1.54) is 24.3 Å². The van der Waals surface area contributed by atoms with Gasteiger partial charge in [0.15, 0.2) is 0 Å². The van der Waals surface area contributed by atoms with Crippen molar-refractivity contribution >= 4 is 11.7 Å². The number of halogens is 1. The highest BCUT2D eigenvalue weighted by Crippen LogP contribution is 2.28. The smallest absolute Gasteiger partial charge is 0.256 e. The van der Waals surface area contributed by atoms with Gasteiger partial charge in [0.2, 0.25) is 5.43 Å². The van der Waals surface area contributed by atoms with Gasteiger partial charge in [0.1, 0.15) is 17.3 Å². The van der Waals surface area contributed by atoms with E-state index in [1.54, 1.807) is 11.6 Å².